The molecule has 0 aliphatic heterocycles. The molecule has 1 unspecified atom stereocenters. The van der Waals surface area contributed by atoms with Crippen LogP contribution < -0.4 is 4.74 Å². The number of rotatable bonds is 3. The van der Waals surface area contributed by atoms with Crippen molar-refractivity contribution >= 4 is 11.6 Å². The second-order valence-corrected chi connectivity index (χ2v) is 4.79. The van der Waals surface area contributed by atoms with Crippen LogP contribution in [-0.4, -0.2) is 21.2 Å². The molecule has 1 N–H and O–H groups in total. The molecule has 2 rings (SSSR count). The molecule has 0 aliphatic carbocycles. The average molecular weight is 321 g/mol. The van der Waals surface area contributed by atoms with Crippen molar-refractivity contribution in [3.05, 3.63) is 46.2 Å². The Morgan fingerprint density at radius 2 is 2.05 bits per heavy atom. The number of ether oxygens (including phenoxy) is 1. The van der Waals surface area contributed by atoms with Crippen LogP contribution in [0.2, 0.25) is 5.15 Å². The number of aryl methyl sites for hydroxylation is 2. The lowest BCUT2D eigenvalue weighted by molar-refractivity contribution is -0.274. The predicted molar refractivity (Wildman–Crippen MR) is 70.1 cm³/mol. The van der Waals surface area contributed by atoms with Crippen LogP contribution in [0.5, 0.6) is 5.75 Å². The third-order valence-corrected chi connectivity index (χ3v) is 3.33. The second-order valence-electron chi connectivity index (χ2n) is 4.44. The van der Waals surface area contributed by atoms with E-state index in [9.17, 15) is 18.3 Å². The highest BCUT2D eigenvalue weighted by Crippen LogP contribution is 2.33. The highest BCUT2D eigenvalue weighted by atomic mass is 35.5. The van der Waals surface area contributed by atoms with Gasteiger partial charge in [-0.25, -0.2) is 0 Å². The summed E-state index contributed by atoms with van der Waals surface area (Å²) in [6.07, 6.45) is -5.98. The van der Waals surface area contributed by atoms with E-state index >= 15 is 0 Å². The summed E-state index contributed by atoms with van der Waals surface area (Å²) < 4.78 is 41.8. The van der Waals surface area contributed by atoms with Gasteiger partial charge in [-0.1, -0.05) is 23.7 Å². The Morgan fingerprint density at radius 1 is 1.38 bits per heavy atom. The summed E-state index contributed by atoms with van der Waals surface area (Å²) in [5, 5.41) is 14.6. The summed E-state index contributed by atoms with van der Waals surface area (Å²) in [6.45, 7) is 1.65. The number of aliphatic hydroxyl groups excluding tert-OH is 1. The van der Waals surface area contributed by atoms with Crippen molar-refractivity contribution in [2.24, 2.45) is 7.05 Å². The Hall–Kier alpha value is -1.73. The minimum Gasteiger partial charge on any atom is -0.406 e. The molecule has 0 saturated carbocycles. The molecule has 0 saturated heterocycles. The molecule has 1 heterocycles. The zero-order chi connectivity index (χ0) is 15.8. The fourth-order valence-corrected chi connectivity index (χ4v) is 2.28. The molecule has 2 aromatic rings. The van der Waals surface area contributed by atoms with Crippen LogP contribution in [0.25, 0.3) is 0 Å². The third-order valence-electron chi connectivity index (χ3n) is 2.88. The number of hydrogen-bond donors (Lipinski definition) is 1. The van der Waals surface area contributed by atoms with Gasteiger partial charge in [-0.2, -0.15) is 5.10 Å². The summed E-state index contributed by atoms with van der Waals surface area (Å²) in [5.74, 6) is -0.406. The van der Waals surface area contributed by atoms with Crippen LogP contribution in [0.15, 0.2) is 24.3 Å². The van der Waals surface area contributed by atoms with Gasteiger partial charge in [0.1, 0.15) is 17.0 Å². The highest BCUT2D eigenvalue weighted by Gasteiger charge is 2.31. The Kier molecular flexibility index (Phi) is 4.15. The molecule has 0 spiro atoms. The van der Waals surface area contributed by atoms with Crippen molar-refractivity contribution in [3.8, 4) is 5.75 Å². The molecular formula is C13H12ClF3N2O2. The number of halogens is 4. The maximum absolute atomic E-state index is 12.2. The van der Waals surface area contributed by atoms with E-state index in [1.165, 1.54) is 16.8 Å². The van der Waals surface area contributed by atoms with Gasteiger partial charge < -0.3 is 9.84 Å². The van der Waals surface area contributed by atoms with Crippen molar-refractivity contribution < 1.29 is 23.0 Å². The number of nitrogens with zero attached hydrogens (tertiary/aromatic N) is 2. The molecule has 0 aliphatic rings. The second kappa shape index (κ2) is 5.57. The number of aliphatic hydroxyl groups is 1. The Balaban J connectivity index is 2.35. The first-order chi connectivity index (χ1) is 9.69. The minimum absolute atomic E-state index is 0.224. The monoisotopic (exact) mass is 320 g/mol. The van der Waals surface area contributed by atoms with E-state index in [-0.39, 0.29) is 10.7 Å². The third kappa shape index (κ3) is 3.48. The standard InChI is InChI=1S/C13H12ClF3N2O2/c1-7-10(12(14)19(2)18-7)11(20)8-4-3-5-9(6-8)21-13(15,16)17/h3-6,11,20H,1-2H3. The van der Waals surface area contributed by atoms with Crippen LogP contribution in [0.3, 0.4) is 0 Å². The SMILES string of the molecule is Cc1nn(C)c(Cl)c1C(O)c1cccc(OC(F)(F)F)c1. The number of aromatic nitrogens is 2. The van der Waals surface area contributed by atoms with Crippen molar-refractivity contribution in [1.29, 1.82) is 0 Å². The number of benzene rings is 1. The smallest absolute Gasteiger partial charge is 0.406 e. The topological polar surface area (TPSA) is 47.3 Å². The quantitative estimate of drug-likeness (QED) is 0.943. The summed E-state index contributed by atoms with van der Waals surface area (Å²) in [4.78, 5) is 0. The van der Waals surface area contributed by atoms with Crippen molar-refractivity contribution in [2.45, 2.75) is 19.4 Å². The van der Waals surface area contributed by atoms with Gasteiger partial charge in [0.05, 0.1) is 5.69 Å². The molecule has 1 aromatic carbocycles. The molecule has 0 amide bonds. The van der Waals surface area contributed by atoms with Gasteiger partial charge in [0.15, 0.2) is 0 Å². The predicted octanol–water partition coefficient (Wildman–Crippen LogP) is 3.36. The largest absolute Gasteiger partial charge is 0.573 e. The first kappa shape index (κ1) is 15.7. The Labute approximate surface area is 123 Å². The molecule has 0 bridgehead atoms. The van der Waals surface area contributed by atoms with Gasteiger partial charge in [0.2, 0.25) is 0 Å². The van der Waals surface area contributed by atoms with Gasteiger partial charge in [-0.05, 0) is 24.6 Å². The molecule has 1 aromatic heterocycles. The van der Waals surface area contributed by atoms with Gasteiger partial charge in [-0.3, -0.25) is 4.68 Å². The van der Waals surface area contributed by atoms with Crippen molar-refractivity contribution in [3.63, 3.8) is 0 Å². The molecule has 4 nitrogen and oxygen atoms in total. The van der Waals surface area contributed by atoms with Crippen LogP contribution in [0, 0.1) is 6.92 Å². The number of hydrogen-bond acceptors (Lipinski definition) is 3. The fourth-order valence-electron chi connectivity index (χ4n) is 2.01. The van der Waals surface area contributed by atoms with Crippen LogP contribution >= 0.6 is 11.6 Å². The van der Waals surface area contributed by atoms with Crippen LogP contribution in [0.4, 0.5) is 13.2 Å². The van der Waals surface area contributed by atoms with E-state index in [2.05, 4.69) is 9.84 Å². The fraction of sp³-hybridized carbons (Fsp3) is 0.308. The normalized spacial score (nSPS) is 13.3. The molecule has 0 radical (unpaired) electrons. The molecule has 8 heteroatoms. The summed E-state index contributed by atoms with van der Waals surface area (Å²) >= 11 is 6.03. The van der Waals surface area contributed by atoms with Gasteiger partial charge in [0.25, 0.3) is 0 Å². The summed E-state index contributed by atoms with van der Waals surface area (Å²) in [5.41, 5.74) is 1.08. The lowest BCUT2D eigenvalue weighted by Crippen LogP contribution is -2.17. The maximum Gasteiger partial charge on any atom is 0.573 e. The number of alkyl halides is 3. The van der Waals surface area contributed by atoms with E-state index in [0.29, 0.717) is 11.3 Å². The molecule has 114 valence electrons. The minimum atomic E-state index is -4.79. The van der Waals surface area contributed by atoms with Crippen LogP contribution in [0.1, 0.15) is 22.9 Å². The van der Waals surface area contributed by atoms with Gasteiger partial charge in [-0.15, -0.1) is 13.2 Å². The summed E-state index contributed by atoms with van der Waals surface area (Å²) in [6, 6.07) is 5.11. The van der Waals surface area contributed by atoms with E-state index < -0.39 is 18.2 Å². The van der Waals surface area contributed by atoms with E-state index in [1.54, 1.807) is 14.0 Å². The molecular weight excluding hydrogens is 309 g/mol. The van der Waals surface area contributed by atoms with Gasteiger partial charge in [0, 0.05) is 12.6 Å². The molecule has 1 atom stereocenters. The maximum atomic E-state index is 12.2. The Morgan fingerprint density at radius 3 is 2.57 bits per heavy atom. The van der Waals surface area contributed by atoms with Crippen molar-refractivity contribution in [2.75, 3.05) is 0 Å². The summed E-state index contributed by atoms with van der Waals surface area (Å²) in [7, 11) is 1.61. The average Bonchev–Trinajstić information content (AvgIpc) is 2.61. The highest BCUT2D eigenvalue weighted by molar-refractivity contribution is 6.30. The van der Waals surface area contributed by atoms with E-state index in [1.807, 2.05) is 0 Å². The van der Waals surface area contributed by atoms with Gasteiger partial charge >= 0.3 is 6.36 Å². The first-order valence-electron chi connectivity index (χ1n) is 5.92. The molecule has 0 fully saturated rings. The lowest BCUT2D eigenvalue weighted by Gasteiger charge is -2.14. The lowest BCUT2D eigenvalue weighted by atomic mass is 10.0. The Bertz CT molecular complexity index is 655. The zero-order valence-corrected chi connectivity index (χ0v) is 11.9. The van der Waals surface area contributed by atoms with E-state index in [0.717, 1.165) is 12.1 Å². The zero-order valence-electron chi connectivity index (χ0n) is 11.1. The molecule has 21 heavy (non-hydrogen) atoms. The van der Waals surface area contributed by atoms with E-state index in [4.69, 9.17) is 11.6 Å². The van der Waals surface area contributed by atoms with Crippen molar-refractivity contribution in [1.82, 2.24) is 9.78 Å². The van der Waals surface area contributed by atoms with Crippen LogP contribution in [-0.2, 0) is 7.05 Å². The first-order valence-corrected chi connectivity index (χ1v) is 6.29.